The van der Waals surface area contributed by atoms with Crippen molar-refractivity contribution >= 4 is 57.7 Å². The first-order valence-electron chi connectivity index (χ1n) is 10.1. The van der Waals surface area contributed by atoms with Crippen molar-refractivity contribution in [2.45, 2.75) is 6.92 Å². The quantitative estimate of drug-likeness (QED) is 0.255. The lowest BCUT2D eigenvalue weighted by atomic mass is 10.1. The Kier molecular flexibility index (Phi) is 6.41. The fourth-order valence-electron chi connectivity index (χ4n) is 3.34. The molecule has 0 bridgehead atoms. The van der Waals surface area contributed by atoms with Crippen LogP contribution in [0, 0.1) is 12.8 Å². The van der Waals surface area contributed by atoms with E-state index in [1.54, 1.807) is 18.2 Å². The van der Waals surface area contributed by atoms with Crippen molar-refractivity contribution in [3.8, 4) is 5.75 Å². The van der Waals surface area contributed by atoms with Gasteiger partial charge < -0.3 is 10.1 Å². The van der Waals surface area contributed by atoms with E-state index in [0.29, 0.717) is 11.4 Å². The Labute approximate surface area is 195 Å². The molecule has 8 nitrogen and oxygen atoms in total. The van der Waals surface area contributed by atoms with Crippen LogP contribution < -0.4 is 20.4 Å². The Balaban J connectivity index is 1.38. The van der Waals surface area contributed by atoms with E-state index in [4.69, 9.17) is 17.0 Å². The Hall–Kier alpha value is -4.11. The predicted molar refractivity (Wildman–Crippen MR) is 129 cm³/mol. The second-order valence-corrected chi connectivity index (χ2v) is 7.75. The zero-order chi connectivity index (χ0) is 23.4. The third-order valence-corrected chi connectivity index (χ3v) is 5.30. The lowest BCUT2D eigenvalue weighted by molar-refractivity contribution is -0.130. The van der Waals surface area contributed by atoms with Crippen molar-refractivity contribution in [2.75, 3.05) is 11.5 Å². The Morgan fingerprint density at radius 2 is 1.85 bits per heavy atom. The number of hydrazone groups is 1. The maximum absolute atomic E-state index is 12.9. The number of nitrogens with zero attached hydrogens (tertiary/aromatic N) is 2. The Bertz CT molecular complexity index is 1270. The summed E-state index contributed by atoms with van der Waals surface area (Å²) < 4.78 is 5.61. The van der Waals surface area contributed by atoms with E-state index in [9.17, 15) is 14.4 Å². The lowest BCUT2D eigenvalue weighted by Gasteiger charge is -2.30. The Morgan fingerprint density at radius 3 is 2.64 bits per heavy atom. The minimum absolute atomic E-state index is 0.00831. The first kappa shape index (κ1) is 22.1. The molecule has 3 aromatic carbocycles. The number of nitrogens with one attached hydrogen (secondary N) is 2. The summed E-state index contributed by atoms with van der Waals surface area (Å²) in [6, 6.07) is 20.3. The molecular formula is C24H20N4O4S. The molecule has 3 aromatic rings. The van der Waals surface area contributed by atoms with E-state index in [0.717, 1.165) is 22.6 Å². The van der Waals surface area contributed by atoms with Gasteiger partial charge in [0.25, 0.3) is 11.8 Å². The van der Waals surface area contributed by atoms with Crippen LogP contribution in [0.2, 0.25) is 0 Å². The van der Waals surface area contributed by atoms with Crippen molar-refractivity contribution in [3.05, 3.63) is 72.3 Å². The Morgan fingerprint density at radius 1 is 1.12 bits per heavy atom. The van der Waals surface area contributed by atoms with Gasteiger partial charge in [-0.05, 0) is 42.7 Å². The molecule has 1 saturated heterocycles. The van der Waals surface area contributed by atoms with Crippen LogP contribution in [0.5, 0.6) is 5.75 Å². The summed E-state index contributed by atoms with van der Waals surface area (Å²) in [5.74, 6) is -2.38. The zero-order valence-electron chi connectivity index (χ0n) is 17.6. The average molecular weight is 461 g/mol. The van der Waals surface area contributed by atoms with Gasteiger partial charge in [-0.3, -0.25) is 19.3 Å². The number of thiocarbonyl (C=S) groups is 1. The molecule has 33 heavy (non-hydrogen) atoms. The number of hydrogen-bond donors (Lipinski definition) is 2. The van der Waals surface area contributed by atoms with E-state index < -0.39 is 23.6 Å². The fourth-order valence-corrected chi connectivity index (χ4v) is 3.64. The van der Waals surface area contributed by atoms with Crippen LogP contribution in [0.25, 0.3) is 10.8 Å². The predicted octanol–water partition coefficient (Wildman–Crippen LogP) is 2.69. The SMILES string of the molecule is Cc1ccc(N2C(=O)[C@H](/C=N\NC(=O)COc3cccc4ccccc34)C(=O)NC2=S)cc1. The molecular weight excluding hydrogens is 440 g/mol. The van der Waals surface area contributed by atoms with E-state index in [2.05, 4.69) is 15.8 Å². The third kappa shape index (κ3) is 4.88. The number of carbonyl (C=O) groups excluding carboxylic acids is 3. The fraction of sp³-hybridized carbons (Fsp3) is 0.125. The summed E-state index contributed by atoms with van der Waals surface area (Å²) in [4.78, 5) is 38.6. The molecule has 0 aliphatic carbocycles. The van der Waals surface area contributed by atoms with Gasteiger partial charge >= 0.3 is 0 Å². The molecule has 4 rings (SSSR count). The highest BCUT2D eigenvalue weighted by Gasteiger charge is 2.38. The summed E-state index contributed by atoms with van der Waals surface area (Å²) in [5, 5.41) is 8.14. The number of fused-ring (bicyclic) bond motifs is 1. The highest BCUT2D eigenvalue weighted by Crippen LogP contribution is 2.25. The number of rotatable bonds is 6. The number of amides is 3. The molecule has 1 fully saturated rings. The molecule has 0 radical (unpaired) electrons. The first-order chi connectivity index (χ1) is 15.9. The van der Waals surface area contributed by atoms with Crippen LogP contribution >= 0.6 is 12.2 Å². The molecule has 166 valence electrons. The van der Waals surface area contributed by atoms with Crippen molar-refractivity contribution < 1.29 is 19.1 Å². The summed E-state index contributed by atoms with van der Waals surface area (Å²) >= 11 is 5.16. The van der Waals surface area contributed by atoms with Crippen molar-refractivity contribution in [2.24, 2.45) is 11.0 Å². The molecule has 1 atom stereocenters. The van der Waals surface area contributed by atoms with Gasteiger partial charge in [0, 0.05) is 11.6 Å². The number of aryl methyl sites for hydroxylation is 1. The van der Waals surface area contributed by atoms with Gasteiger partial charge in [0.05, 0.1) is 5.69 Å². The van der Waals surface area contributed by atoms with Crippen molar-refractivity contribution in [1.29, 1.82) is 0 Å². The maximum atomic E-state index is 12.9. The number of anilines is 1. The second kappa shape index (κ2) is 9.58. The third-order valence-electron chi connectivity index (χ3n) is 5.02. The molecule has 0 spiro atoms. The summed E-state index contributed by atoms with van der Waals surface area (Å²) in [7, 11) is 0. The van der Waals surface area contributed by atoms with Crippen molar-refractivity contribution in [3.63, 3.8) is 0 Å². The van der Waals surface area contributed by atoms with Gasteiger partial charge in [-0.2, -0.15) is 5.10 Å². The molecule has 1 heterocycles. The molecule has 1 aliphatic heterocycles. The smallest absolute Gasteiger partial charge is 0.277 e. The molecule has 0 saturated carbocycles. The maximum Gasteiger partial charge on any atom is 0.277 e. The van der Waals surface area contributed by atoms with E-state index >= 15 is 0 Å². The van der Waals surface area contributed by atoms with Crippen molar-refractivity contribution in [1.82, 2.24) is 10.7 Å². The van der Waals surface area contributed by atoms with Gasteiger partial charge in [0.1, 0.15) is 5.75 Å². The highest BCUT2D eigenvalue weighted by atomic mass is 32.1. The monoisotopic (exact) mass is 460 g/mol. The van der Waals surface area contributed by atoms with Gasteiger partial charge in [-0.15, -0.1) is 0 Å². The minimum Gasteiger partial charge on any atom is -0.483 e. The summed E-state index contributed by atoms with van der Waals surface area (Å²) in [6.45, 7) is 1.64. The van der Waals surface area contributed by atoms with Gasteiger partial charge in [0.2, 0.25) is 5.91 Å². The van der Waals surface area contributed by atoms with Crippen LogP contribution in [0.15, 0.2) is 71.8 Å². The normalized spacial score (nSPS) is 16.2. The second-order valence-electron chi connectivity index (χ2n) is 7.36. The van der Waals surface area contributed by atoms with Gasteiger partial charge in [-0.25, -0.2) is 5.43 Å². The number of carbonyl (C=O) groups is 3. The number of benzene rings is 3. The van der Waals surface area contributed by atoms with E-state index in [1.807, 2.05) is 55.5 Å². The summed E-state index contributed by atoms with van der Waals surface area (Å²) in [5.41, 5.74) is 3.83. The first-order valence-corrected chi connectivity index (χ1v) is 10.5. The molecule has 0 aromatic heterocycles. The topological polar surface area (TPSA) is 100 Å². The van der Waals surface area contributed by atoms with Gasteiger partial charge in [-0.1, -0.05) is 54.1 Å². The van der Waals surface area contributed by atoms with Gasteiger partial charge in [0.15, 0.2) is 17.6 Å². The standard InChI is InChI=1S/C24H20N4O4S/c1-15-9-11-17(12-10-15)28-23(31)19(22(30)26-24(28)33)13-25-27-21(29)14-32-20-8-4-6-16-5-2-3-7-18(16)20/h2-13,19H,14H2,1H3,(H,27,29)(H,26,30,33)/b25-13-/t19-/m1/s1. The van der Waals surface area contributed by atoms with Crippen LogP contribution in [0.4, 0.5) is 5.69 Å². The average Bonchev–Trinajstić information content (AvgIpc) is 2.81. The van der Waals surface area contributed by atoms with Crippen LogP contribution in [-0.2, 0) is 14.4 Å². The van der Waals surface area contributed by atoms with E-state index in [1.165, 1.54) is 4.90 Å². The zero-order valence-corrected chi connectivity index (χ0v) is 18.5. The van der Waals surface area contributed by atoms with E-state index in [-0.39, 0.29) is 11.7 Å². The molecule has 9 heteroatoms. The van der Waals surface area contributed by atoms with Crippen LogP contribution in [-0.4, -0.2) is 35.7 Å². The highest BCUT2D eigenvalue weighted by molar-refractivity contribution is 7.80. The van der Waals surface area contributed by atoms with Crippen LogP contribution in [0.1, 0.15) is 5.56 Å². The molecule has 2 N–H and O–H groups in total. The number of ether oxygens (including phenoxy) is 1. The number of hydrogen-bond acceptors (Lipinski definition) is 6. The molecule has 1 aliphatic rings. The largest absolute Gasteiger partial charge is 0.483 e. The summed E-state index contributed by atoms with van der Waals surface area (Å²) in [6.07, 6.45) is 1.08. The molecule has 0 unspecified atom stereocenters. The lowest BCUT2D eigenvalue weighted by Crippen LogP contribution is -2.58. The minimum atomic E-state index is -1.24. The molecule has 3 amide bonds. The van der Waals surface area contributed by atoms with Crippen LogP contribution in [0.3, 0.4) is 0 Å².